The van der Waals surface area contributed by atoms with E-state index >= 15 is 0 Å². The van der Waals surface area contributed by atoms with E-state index in [4.69, 9.17) is 9.47 Å². The summed E-state index contributed by atoms with van der Waals surface area (Å²) in [6.45, 7) is 1.37. The number of aromatic nitrogens is 1. The number of sulfonamides is 1. The van der Waals surface area contributed by atoms with E-state index in [0.717, 1.165) is 31.8 Å². The van der Waals surface area contributed by atoms with Gasteiger partial charge in [0.1, 0.15) is 16.4 Å². The van der Waals surface area contributed by atoms with Gasteiger partial charge in [-0.3, -0.25) is 4.79 Å². The number of amides is 1. The molecule has 0 radical (unpaired) electrons. The van der Waals surface area contributed by atoms with Gasteiger partial charge in [-0.2, -0.15) is 4.31 Å². The maximum absolute atomic E-state index is 13.9. The molecule has 0 bridgehead atoms. The number of methoxy groups -OCH3 is 2. The molecule has 0 spiro atoms. The summed E-state index contributed by atoms with van der Waals surface area (Å²) in [5.74, 6) is 0.123. The molecule has 0 aliphatic heterocycles. The molecule has 0 saturated heterocycles. The molecule has 0 saturated carbocycles. The van der Waals surface area contributed by atoms with Crippen LogP contribution in [0.4, 0.5) is 10.8 Å². The van der Waals surface area contributed by atoms with Gasteiger partial charge in [-0.1, -0.05) is 36.4 Å². The number of hydrogen-bond donors (Lipinski definition) is 2. The standard InChI is InChI=1S/C28H30N4O5S2/c1-19-10-12-25(37-4)26(14-19)39(34,35)32(16-20-8-6-5-7-9-20)17-27(33)30-22-15-21(11-13-24(22)36-3)23-18-38-28(29-2)31-23/h5-15,18H,16-17H2,1-4H3,(H,29,31)(H,30,33). The Morgan fingerprint density at radius 1 is 1.00 bits per heavy atom. The maximum atomic E-state index is 13.9. The van der Waals surface area contributed by atoms with E-state index in [1.54, 1.807) is 44.3 Å². The quantitative estimate of drug-likeness (QED) is 0.263. The van der Waals surface area contributed by atoms with Crippen molar-refractivity contribution in [3.63, 3.8) is 0 Å². The van der Waals surface area contributed by atoms with E-state index < -0.39 is 22.5 Å². The summed E-state index contributed by atoms with van der Waals surface area (Å²) >= 11 is 1.46. The summed E-state index contributed by atoms with van der Waals surface area (Å²) in [6, 6.07) is 19.4. The monoisotopic (exact) mass is 566 g/mol. The number of hydrogen-bond acceptors (Lipinski definition) is 8. The van der Waals surface area contributed by atoms with Crippen molar-refractivity contribution in [3.05, 3.63) is 83.2 Å². The fourth-order valence-electron chi connectivity index (χ4n) is 3.97. The molecule has 0 atom stereocenters. The van der Waals surface area contributed by atoms with Crippen LogP contribution in [0.5, 0.6) is 11.5 Å². The number of anilines is 2. The predicted molar refractivity (Wildman–Crippen MR) is 154 cm³/mol. The molecule has 4 rings (SSSR count). The van der Waals surface area contributed by atoms with E-state index in [1.165, 1.54) is 25.6 Å². The van der Waals surface area contributed by atoms with Gasteiger partial charge in [-0.05, 0) is 48.4 Å². The largest absolute Gasteiger partial charge is 0.495 e. The van der Waals surface area contributed by atoms with Crippen molar-refractivity contribution in [1.82, 2.24) is 9.29 Å². The SMILES string of the molecule is CNc1nc(-c2ccc(OC)c(NC(=O)CN(Cc3ccccc3)S(=O)(=O)c3cc(C)ccc3OC)c2)cs1. The summed E-state index contributed by atoms with van der Waals surface area (Å²) in [5.41, 5.74) is 3.42. The third-order valence-electron chi connectivity index (χ3n) is 5.95. The first kappa shape index (κ1) is 28.1. The summed E-state index contributed by atoms with van der Waals surface area (Å²) in [7, 11) is 0.596. The number of thiazole rings is 1. The lowest BCUT2D eigenvalue weighted by molar-refractivity contribution is -0.116. The molecule has 0 unspecified atom stereocenters. The Hall–Kier alpha value is -3.93. The highest BCUT2D eigenvalue weighted by Crippen LogP contribution is 2.33. The van der Waals surface area contributed by atoms with Crippen LogP contribution in [-0.2, 0) is 21.4 Å². The molecule has 1 amide bonds. The lowest BCUT2D eigenvalue weighted by Crippen LogP contribution is -2.37. The molecular weight excluding hydrogens is 536 g/mol. The molecular formula is C28H30N4O5S2. The lowest BCUT2D eigenvalue weighted by Gasteiger charge is -2.23. The Labute approximate surface area is 232 Å². The number of carbonyl (C=O) groups excluding carboxylic acids is 1. The molecule has 0 aliphatic carbocycles. The highest BCUT2D eigenvalue weighted by molar-refractivity contribution is 7.89. The average molecular weight is 567 g/mol. The minimum Gasteiger partial charge on any atom is -0.495 e. The molecule has 1 heterocycles. The molecule has 1 aromatic heterocycles. The first-order valence-electron chi connectivity index (χ1n) is 12.1. The number of nitrogens with one attached hydrogen (secondary N) is 2. The number of benzene rings is 3. The summed E-state index contributed by atoms with van der Waals surface area (Å²) in [6.07, 6.45) is 0. The number of rotatable bonds is 11. The normalized spacial score (nSPS) is 11.3. The molecule has 39 heavy (non-hydrogen) atoms. The first-order chi connectivity index (χ1) is 18.7. The van der Waals surface area contributed by atoms with E-state index in [1.807, 2.05) is 41.8 Å². The Morgan fingerprint density at radius 3 is 2.38 bits per heavy atom. The van der Waals surface area contributed by atoms with E-state index in [9.17, 15) is 13.2 Å². The molecule has 0 aliphatic rings. The van der Waals surface area contributed by atoms with Crippen molar-refractivity contribution < 1.29 is 22.7 Å². The lowest BCUT2D eigenvalue weighted by atomic mass is 10.1. The topological polar surface area (TPSA) is 110 Å². The van der Waals surface area contributed by atoms with Crippen LogP contribution in [-0.4, -0.2) is 51.4 Å². The predicted octanol–water partition coefficient (Wildman–Crippen LogP) is 5.01. The minimum absolute atomic E-state index is 0.00261. The van der Waals surface area contributed by atoms with E-state index in [-0.39, 0.29) is 17.2 Å². The van der Waals surface area contributed by atoms with Gasteiger partial charge in [-0.15, -0.1) is 11.3 Å². The number of nitrogens with zero attached hydrogens (tertiary/aromatic N) is 2. The smallest absolute Gasteiger partial charge is 0.247 e. The molecule has 11 heteroatoms. The van der Waals surface area contributed by atoms with Crippen molar-refractivity contribution in [1.29, 1.82) is 0 Å². The summed E-state index contributed by atoms with van der Waals surface area (Å²) in [4.78, 5) is 17.9. The van der Waals surface area contributed by atoms with Gasteiger partial charge in [0.05, 0.1) is 32.1 Å². The van der Waals surface area contributed by atoms with Crippen LogP contribution in [0.2, 0.25) is 0 Å². The highest BCUT2D eigenvalue weighted by Gasteiger charge is 2.30. The Kier molecular flexibility index (Phi) is 8.85. The summed E-state index contributed by atoms with van der Waals surface area (Å²) in [5, 5.41) is 8.51. The maximum Gasteiger partial charge on any atom is 0.247 e. The van der Waals surface area contributed by atoms with Gasteiger partial charge in [-0.25, -0.2) is 13.4 Å². The van der Waals surface area contributed by atoms with Crippen LogP contribution in [0.3, 0.4) is 0 Å². The van der Waals surface area contributed by atoms with Gasteiger partial charge in [0.25, 0.3) is 0 Å². The van der Waals surface area contributed by atoms with Gasteiger partial charge < -0.3 is 20.1 Å². The number of ether oxygens (including phenoxy) is 2. The fraction of sp³-hybridized carbons (Fsp3) is 0.214. The Morgan fingerprint density at radius 2 is 1.72 bits per heavy atom. The van der Waals surface area contributed by atoms with Crippen LogP contribution in [0.1, 0.15) is 11.1 Å². The van der Waals surface area contributed by atoms with Crippen molar-refractivity contribution in [2.75, 3.05) is 38.4 Å². The molecule has 2 N–H and O–H groups in total. The average Bonchev–Trinajstić information content (AvgIpc) is 3.43. The van der Waals surface area contributed by atoms with Crippen molar-refractivity contribution in [2.45, 2.75) is 18.4 Å². The molecule has 204 valence electrons. The van der Waals surface area contributed by atoms with Gasteiger partial charge in [0.15, 0.2) is 5.13 Å². The second kappa shape index (κ2) is 12.3. The van der Waals surface area contributed by atoms with Crippen molar-refractivity contribution in [2.24, 2.45) is 0 Å². The van der Waals surface area contributed by atoms with Crippen molar-refractivity contribution >= 4 is 38.1 Å². The molecule has 9 nitrogen and oxygen atoms in total. The molecule has 3 aromatic carbocycles. The number of carbonyl (C=O) groups is 1. The van der Waals surface area contributed by atoms with E-state index in [0.29, 0.717) is 11.4 Å². The van der Waals surface area contributed by atoms with Crippen LogP contribution < -0.4 is 20.1 Å². The minimum atomic E-state index is -4.12. The Balaban J connectivity index is 1.65. The van der Waals surface area contributed by atoms with E-state index in [2.05, 4.69) is 15.6 Å². The molecule has 0 fully saturated rings. The van der Waals surface area contributed by atoms with Crippen LogP contribution in [0.25, 0.3) is 11.3 Å². The third-order valence-corrected chi connectivity index (χ3v) is 8.62. The zero-order valence-corrected chi connectivity index (χ0v) is 23.7. The Bertz CT molecular complexity index is 1560. The second-order valence-electron chi connectivity index (χ2n) is 8.66. The van der Waals surface area contributed by atoms with Crippen molar-refractivity contribution in [3.8, 4) is 22.8 Å². The van der Waals surface area contributed by atoms with Gasteiger partial charge in [0.2, 0.25) is 15.9 Å². The first-order valence-corrected chi connectivity index (χ1v) is 14.4. The second-order valence-corrected chi connectivity index (χ2v) is 11.4. The van der Waals surface area contributed by atoms with Gasteiger partial charge in [0, 0.05) is 24.5 Å². The van der Waals surface area contributed by atoms with Crippen LogP contribution >= 0.6 is 11.3 Å². The van der Waals surface area contributed by atoms with Crippen LogP contribution in [0.15, 0.2) is 77.0 Å². The fourth-order valence-corrected chi connectivity index (χ4v) is 6.28. The molecule has 4 aromatic rings. The van der Waals surface area contributed by atoms with Gasteiger partial charge >= 0.3 is 0 Å². The summed E-state index contributed by atoms with van der Waals surface area (Å²) < 4.78 is 39.7. The zero-order valence-electron chi connectivity index (χ0n) is 22.1. The number of aryl methyl sites for hydroxylation is 1. The van der Waals surface area contributed by atoms with Crippen LogP contribution in [0, 0.1) is 6.92 Å². The zero-order chi connectivity index (χ0) is 28.0. The highest BCUT2D eigenvalue weighted by atomic mass is 32.2. The third kappa shape index (κ3) is 6.56.